The summed E-state index contributed by atoms with van der Waals surface area (Å²) in [5, 5.41) is 5.68. The van der Waals surface area contributed by atoms with Crippen molar-refractivity contribution >= 4 is 21.6 Å². The topological polar surface area (TPSA) is 87.3 Å². The summed E-state index contributed by atoms with van der Waals surface area (Å²) in [4.78, 5) is 12.5. The SMILES string of the molecule is Cc1ccc(CNC(=O)[C@@H]2Nc3ccccc3S(=O)(=O)N2)c(C)c1. The lowest BCUT2D eigenvalue weighted by atomic mass is 10.1. The summed E-state index contributed by atoms with van der Waals surface area (Å²) in [6.07, 6.45) is -1.03. The van der Waals surface area contributed by atoms with Crippen molar-refractivity contribution in [3.05, 3.63) is 59.2 Å². The number of anilines is 1. The van der Waals surface area contributed by atoms with Gasteiger partial charge in [0.25, 0.3) is 5.91 Å². The second-order valence-electron chi connectivity index (χ2n) is 5.84. The lowest BCUT2D eigenvalue weighted by Gasteiger charge is -2.27. The van der Waals surface area contributed by atoms with E-state index in [9.17, 15) is 13.2 Å². The molecule has 2 aromatic rings. The van der Waals surface area contributed by atoms with Gasteiger partial charge in [-0.3, -0.25) is 4.79 Å². The number of rotatable bonds is 3. The Morgan fingerprint density at radius 3 is 2.67 bits per heavy atom. The van der Waals surface area contributed by atoms with E-state index in [1.165, 1.54) is 6.07 Å². The van der Waals surface area contributed by atoms with E-state index in [1.54, 1.807) is 18.2 Å². The molecule has 2 aromatic carbocycles. The third kappa shape index (κ3) is 3.27. The lowest BCUT2D eigenvalue weighted by molar-refractivity contribution is -0.122. The molecule has 0 bridgehead atoms. The molecule has 0 unspecified atom stereocenters. The highest BCUT2D eigenvalue weighted by Crippen LogP contribution is 2.25. The molecule has 0 aliphatic carbocycles. The number of carbonyl (C=O) groups is 1. The molecule has 0 saturated heterocycles. The molecule has 0 radical (unpaired) electrons. The van der Waals surface area contributed by atoms with Crippen molar-refractivity contribution < 1.29 is 13.2 Å². The van der Waals surface area contributed by atoms with Crippen molar-refractivity contribution in [1.29, 1.82) is 0 Å². The van der Waals surface area contributed by atoms with Crippen LogP contribution in [0.2, 0.25) is 0 Å². The Morgan fingerprint density at radius 1 is 1.17 bits per heavy atom. The van der Waals surface area contributed by atoms with Gasteiger partial charge < -0.3 is 10.6 Å². The van der Waals surface area contributed by atoms with Gasteiger partial charge in [-0.15, -0.1) is 0 Å². The first-order valence-electron chi connectivity index (χ1n) is 7.58. The molecule has 0 saturated carbocycles. The molecule has 1 aliphatic heterocycles. The minimum atomic E-state index is -3.71. The van der Waals surface area contributed by atoms with Crippen molar-refractivity contribution in [2.75, 3.05) is 5.32 Å². The van der Waals surface area contributed by atoms with Gasteiger partial charge >= 0.3 is 0 Å². The van der Waals surface area contributed by atoms with Crippen LogP contribution in [0.1, 0.15) is 16.7 Å². The van der Waals surface area contributed by atoms with E-state index in [0.717, 1.165) is 16.7 Å². The van der Waals surface area contributed by atoms with Crippen molar-refractivity contribution in [3.8, 4) is 0 Å². The Hall–Kier alpha value is -2.38. The van der Waals surface area contributed by atoms with E-state index in [1.807, 2.05) is 32.0 Å². The predicted octanol–water partition coefficient (Wildman–Crippen LogP) is 1.65. The Kier molecular flexibility index (Phi) is 4.29. The largest absolute Gasteiger partial charge is 0.360 e. The molecular weight excluding hydrogens is 326 g/mol. The number of amides is 1. The van der Waals surface area contributed by atoms with E-state index in [4.69, 9.17) is 0 Å². The number of aryl methyl sites for hydroxylation is 2. The van der Waals surface area contributed by atoms with Crippen molar-refractivity contribution in [2.24, 2.45) is 0 Å². The molecule has 1 amide bonds. The van der Waals surface area contributed by atoms with Crippen LogP contribution >= 0.6 is 0 Å². The molecular formula is C17H19N3O3S. The predicted molar refractivity (Wildman–Crippen MR) is 91.9 cm³/mol. The third-order valence-corrected chi connectivity index (χ3v) is 5.44. The highest BCUT2D eigenvalue weighted by molar-refractivity contribution is 7.89. The fourth-order valence-electron chi connectivity index (χ4n) is 2.67. The van der Waals surface area contributed by atoms with Crippen LogP contribution in [0.5, 0.6) is 0 Å². The van der Waals surface area contributed by atoms with E-state index < -0.39 is 22.1 Å². The van der Waals surface area contributed by atoms with Gasteiger partial charge in [-0.2, -0.15) is 4.72 Å². The van der Waals surface area contributed by atoms with Crippen LogP contribution < -0.4 is 15.4 Å². The van der Waals surface area contributed by atoms with Gasteiger partial charge in [0, 0.05) is 6.54 Å². The first-order chi connectivity index (χ1) is 11.4. The Labute approximate surface area is 141 Å². The number of carbonyl (C=O) groups excluding carboxylic acids is 1. The Bertz CT molecular complexity index is 894. The minimum absolute atomic E-state index is 0.142. The number of sulfonamides is 1. The van der Waals surface area contributed by atoms with Gasteiger partial charge in [0.05, 0.1) is 5.69 Å². The minimum Gasteiger partial charge on any atom is -0.360 e. The lowest BCUT2D eigenvalue weighted by Crippen LogP contribution is -2.53. The van der Waals surface area contributed by atoms with Gasteiger partial charge in [0.1, 0.15) is 4.90 Å². The summed E-state index contributed by atoms with van der Waals surface area (Å²) in [5.41, 5.74) is 3.65. The highest BCUT2D eigenvalue weighted by Gasteiger charge is 2.32. The normalized spacial score (nSPS) is 18.3. The fourth-order valence-corrected chi connectivity index (χ4v) is 3.95. The summed E-state index contributed by atoms with van der Waals surface area (Å²) in [6, 6.07) is 12.5. The quantitative estimate of drug-likeness (QED) is 0.789. The van der Waals surface area contributed by atoms with Crippen LogP contribution in [0.4, 0.5) is 5.69 Å². The number of benzene rings is 2. The maximum Gasteiger partial charge on any atom is 0.258 e. The monoisotopic (exact) mass is 345 g/mol. The first-order valence-corrected chi connectivity index (χ1v) is 9.07. The van der Waals surface area contributed by atoms with Crippen LogP contribution in [0.15, 0.2) is 47.4 Å². The zero-order chi connectivity index (χ0) is 17.3. The summed E-state index contributed by atoms with van der Waals surface area (Å²) in [5.74, 6) is -0.423. The molecule has 126 valence electrons. The summed E-state index contributed by atoms with van der Waals surface area (Å²) < 4.78 is 26.8. The molecule has 1 heterocycles. The molecule has 0 fully saturated rings. The van der Waals surface area contributed by atoms with Crippen LogP contribution in [0.25, 0.3) is 0 Å². The zero-order valence-corrected chi connectivity index (χ0v) is 14.3. The molecule has 0 aromatic heterocycles. The second-order valence-corrected chi connectivity index (χ2v) is 7.52. The standard InChI is InChI=1S/C17H19N3O3S/c1-11-7-8-13(12(2)9-11)10-18-17(21)16-19-14-5-3-4-6-15(14)24(22,23)20-16/h3-9,16,19-20H,10H2,1-2H3,(H,18,21)/t16-/m1/s1. The number of hydrogen-bond donors (Lipinski definition) is 3. The Morgan fingerprint density at radius 2 is 1.92 bits per heavy atom. The number of nitrogens with one attached hydrogen (secondary N) is 3. The molecule has 0 spiro atoms. The van der Waals surface area contributed by atoms with Crippen molar-refractivity contribution in [2.45, 2.75) is 31.5 Å². The number of para-hydroxylation sites is 1. The maximum absolute atomic E-state index is 12.3. The second kappa shape index (κ2) is 6.26. The molecule has 3 rings (SSSR count). The summed E-state index contributed by atoms with van der Waals surface area (Å²) in [6.45, 7) is 4.33. The maximum atomic E-state index is 12.3. The average Bonchev–Trinajstić information content (AvgIpc) is 2.53. The van der Waals surface area contributed by atoms with Crippen molar-refractivity contribution in [3.63, 3.8) is 0 Å². The molecule has 7 heteroatoms. The number of hydrogen-bond acceptors (Lipinski definition) is 4. The highest BCUT2D eigenvalue weighted by atomic mass is 32.2. The molecule has 6 nitrogen and oxygen atoms in total. The van der Waals surface area contributed by atoms with Crippen LogP contribution in [-0.4, -0.2) is 20.5 Å². The summed E-state index contributed by atoms with van der Waals surface area (Å²) >= 11 is 0. The summed E-state index contributed by atoms with van der Waals surface area (Å²) in [7, 11) is -3.71. The van der Waals surface area contributed by atoms with Crippen LogP contribution in [-0.2, 0) is 21.4 Å². The number of fused-ring (bicyclic) bond motifs is 1. The van der Waals surface area contributed by atoms with E-state index in [0.29, 0.717) is 12.2 Å². The van der Waals surface area contributed by atoms with Crippen LogP contribution in [0.3, 0.4) is 0 Å². The fraction of sp³-hybridized carbons (Fsp3) is 0.235. The van der Waals surface area contributed by atoms with Gasteiger partial charge in [0.15, 0.2) is 6.17 Å². The van der Waals surface area contributed by atoms with E-state index >= 15 is 0 Å². The van der Waals surface area contributed by atoms with Crippen LogP contribution in [0, 0.1) is 13.8 Å². The zero-order valence-electron chi connectivity index (χ0n) is 13.5. The molecule has 24 heavy (non-hydrogen) atoms. The molecule has 1 aliphatic rings. The van der Waals surface area contributed by atoms with Gasteiger partial charge in [-0.1, -0.05) is 35.9 Å². The van der Waals surface area contributed by atoms with Gasteiger partial charge in [-0.25, -0.2) is 8.42 Å². The Balaban J connectivity index is 1.73. The smallest absolute Gasteiger partial charge is 0.258 e. The van der Waals surface area contributed by atoms with Gasteiger partial charge in [-0.05, 0) is 37.1 Å². The third-order valence-electron chi connectivity index (χ3n) is 3.96. The first kappa shape index (κ1) is 16.5. The van der Waals surface area contributed by atoms with E-state index in [2.05, 4.69) is 15.4 Å². The van der Waals surface area contributed by atoms with Gasteiger partial charge in [0.2, 0.25) is 10.0 Å². The molecule has 3 N–H and O–H groups in total. The molecule has 1 atom stereocenters. The van der Waals surface area contributed by atoms with E-state index in [-0.39, 0.29) is 4.90 Å². The average molecular weight is 345 g/mol. The van der Waals surface area contributed by atoms with Crippen molar-refractivity contribution in [1.82, 2.24) is 10.0 Å².